The van der Waals surface area contributed by atoms with E-state index in [4.69, 9.17) is 69.4 Å². The summed E-state index contributed by atoms with van der Waals surface area (Å²) in [6.07, 6.45) is -3.74. The molecule has 13 heteroatoms. The molecule has 142 valence electrons. The maximum Gasteiger partial charge on any atom is 0.302 e. The maximum atomic E-state index is 11.1. The summed E-state index contributed by atoms with van der Waals surface area (Å²) in [6.45, 7) is 1.05. The number of rotatable bonds is 6. The van der Waals surface area contributed by atoms with Crippen LogP contribution in [0, 0.1) is 5.41 Å². The monoisotopic (exact) mass is 418 g/mol. The Morgan fingerprint density at radius 3 is 2.36 bits per heavy atom. The van der Waals surface area contributed by atoms with Crippen molar-refractivity contribution in [1.29, 1.82) is 5.41 Å². The second kappa shape index (κ2) is 9.63. The molecule has 1 aliphatic rings. The summed E-state index contributed by atoms with van der Waals surface area (Å²) < 4.78 is 24.3. The van der Waals surface area contributed by atoms with Crippen LogP contribution in [0.3, 0.4) is 0 Å². The molecule has 0 aliphatic carbocycles. The maximum absolute atomic E-state index is 11.1. The van der Waals surface area contributed by atoms with Crippen LogP contribution in [0.1, 0.15) is 6.92 Å². The first-order chi connectivity index (χ1) is 11.6. The number of halogens is 3. The van der Waals surface area contributed by atoms with Gasteiger partial charge in [-0.05, 0) is 5.53 Å². The minimum absolute atomic E-state index is 0.183. The number of esters is 1. The molecule has 0 saturated carbocycles. The van der Waals surface area contributed by atoms with Crippen LogP contribution in [0.25, 0.3) is 10.4 Å². The minimum atomic E-state index is -2.14. The highest BCUT2D eigenvalue weighted by molar-refractivity contribution is 6.76. The lowest BCUT2D eigenvalue weighted by Crippen LogP contribution is -2.60. The molecule has 2 unspecified atom stereocenters. The molecule has 1 aliphatic heterocycles. The van der Waals surface area contributed by atoms with Crippen molar-refractivity contribution in [1.82, 2.24) is 0 Å². The third kappa shape index (κ3) is 6.03. The van der Waals surface area contributed by atoms with E-state index < -0.39 is 46.3 Å². The molecule has 0 radical (unpaired) electrons. The third-order valence-electron chi connectivity index (χ3n) is 3.29. The standard InChI is InChI=1S/C12H17Cl3N4O6/c1-5(20)23-4-6-8(21-2)9(22-3)7(18-19-17)10(24-6)25-11(16)12(13,14)15/h6-10,16H,4H2,1-3H3/t6?,7?,8-,9-,10+/m1/s1. The van der Waals surface area contributed by atoms with Gasteiger partial charge in [-0.2, -0.15) is 0 Å². The minimum Gasteiger partial charge on any atom is -0.463 e. The third-order valence-corrected chi connectivity index (χ3v) is 3.80. The van der Waals surface area contributed by atoms with Crippen LogP contribution in [-0.2, 0) is 28.5 Å². The molecule has 25 heavy (non-hydrogen) atoms. The van der Waals surface area contributed by atoms with Gasteiger partial charge in [0.15, 0.2) is 0 Å². The van der Waals surface area contributed by atoms with Crippen molar-refractivity contribution in [3.8, 4) is 0 Å². The Balaban J connectivity index is 3.10. The first kappa shape index (κ1) is 22.0. The Hall–Kier alpha value is -1.00. The number of hydrogen-bond acceptors (Lipinski definition) is 8. The summed E-state index contributed by atoms with van der Waals surface area (Å²) in [7, 11) is 2.75. The Kier molecular flexibility index (Phi) is 8.49. The Morgan fingerprint density at radius 1 is 1.32 bits per heavy atom. The van der Waals surface area contributed by atoms with Crippen LogP contribution in [0.2, 0.25) is 0 Å². The fourth-order valence-corrected chi connectivity index (χ4v) is 2.38. The van der Waals surface area contributed by atoms with Crippen molar-refractivity contribution in [2.24, 2.45) is 5.11 Å². The topological polar surface area (TPSA) is 136 Å². The highest BCUT2D eigenvalue weighted by Gasteiger charge is 2.49. The molecule has 10 nitrogen and oxygen atoms in total. The van der Waals surface area contributed by atoms with Gasteiger partial charge < -0.3 is 23.7 Å². The molecule has 1 fully saturated rings. The van der Waals surface area contributed by atoms with Gasteiger partial charge >= 0.3 is 5.97 Å². The van der Waals surface area contributed by atoms with Gasteiger partial charge in [-0.1, -0.05) is 39.9 Å². The smallest absolute Gasteiger partial charge is 0.302 e. The second-order valence-electron chi connectivity index (χ2n) is 4.89. The molecule has 1 heterocycles. The van der Waals surface area contributed by atoms with E-state index >= 15 is 0 Å². The summed E-state index contributed by atoms with van der Waals surface area (Å²) in [6, 6.07) is -1.05. The number of nitrogens with zero attached hydrogens (tertiary/aromatic N) is 3. The van der Waals surface area contributed by atoms with Crippen molar-refractivity contribution < 1.29 is 28.5 Å². The Bertz CT molecular complexity index is 539. The number of azide groups is 1. The van der Waals surface area contributed by atoms with Gasteiger partial charge in [0.1, 0.15) is 31.0 Å². The van der Waals surface area contributed by atoms with Gasteiger partial charge in [-0.25, -0.2) is 0 Å². The van der Waals surface area contributed by atoms with E-state index in [0.717, 1.165) is 0 Å². The number of carbonyl (C=O) groups excluding carboxylic acids is 1. The van der Waals surface area contributed by atoms with Gasteiger partial charge in [0.05, 0.1) is 0 Å². The Morgan fingerprint density at radius 2 is 1.92 bits per heavy atom. The molecule has 1 N–H and O–H groups in total. The number of ether oxygens (including phenoxy) is 5. The van der Waals surface area contributed by atoms with E-state index in [2.05, 4.69) is 10.0 Å². The number of alkyl halides is 3. The van der Waals surface area contributed by atoms with Crippen LogP contribution in [0.15, 0.2) is 5.11 Å². The van der Waals surface area contributed by atoms with E-state index in [0.29, 0.717) is 0 Å². The van der Waals surface area contributed by atoms with E-state index in [1.807, 2.05) is 0 Å². The van der Waals surface area contributed by atoms with Crippen molar-refractivity contribution in [3.63, 3.8) is 0 Å². The van der Waals surface area contributed by atoms with Crippen molar-refractivity contribution >= 4 is 46.7 Å². The van der Waals surface area contributed by atoms with E-state index in [9.17, 15) is 4.79 Å². The highest BCUT2D eigenvalue weighted by Crippen LogP contribution is 2.33. The number of nitrogens with one attached hydrogen (secondary N) is 1. The van der Waals surface area contributed by atoms with Crippen molar-refractivity contribution in [2.45, 2.75) is 41.4 Å². The molecule has 0 spiro atoms. The quantitative estimate of drug-likeness (QED) is 0.133. The van der Waals surface area contributed by atoms with Crippen LogP contribution < -0.4 is 0 Å². The van der Waals surface area contributed by atoms with Crippen LogP contribution in [-0.4, -0.2) is 67.1 Å². The van der Waals surface area contributed by atoms with E-state index in [1.54, 1.807) is 0 Å². The summed E-state index contributed by atoms with van der Waals surface area (Å²) in [4.78, 5) is 13.8. The van der Waals surface area contributed by atoms with Gasteiger partial charge in [-0.3, -0.25) is 10.2 Å². The molecule has 0 aromatic rings. The molecular formula is C12H17Cl3N4O6. The fourth-order valence-electron chi connectivity index (χ4n) is 2.24. The first-order valence-electron chi connectivity index (χ1n) is 6.86. The SMILES string of the molecule is CO[C@@H]1C(COC(C)=O)O[C@@H](OC(=N)C(Cl)(Cl)Cl)C(N=[N+]=[N-])[C@H]1OC. The molecular weight excluding hydrogens is 403 g/mol. The molecule has 1 saturated heterocycles. The summed E-state index contributed by atoms with van der Waals surface area (Å²) in [5.74, 6) is -1.27. The summed E-state index contributed by atoms with van der Waals surface area (Å²) in [5.41, 5.74) is 8.79. The van der Waals surface area contributed by atoms with Gasteiger partial charge in [0.2, 0.25) is 12.2 Å². The van der Waals surface area contributed by atoms with Gasteiger partial charge in [-0.15, -0.1) is 0 Å². The van der Waals surface area contributed by atoms with Crippen LogP contribution >= 0.6 is 34.8 Å². The lowest BCUT2D eigenvalue weighted by atomic mass is 9.97. The predicted octanol–water partition coefficient (Wildman–Crippen LogP) is 2.35. The van der Waals surface area contributed by atoms with Crippen molar-refractivity contribution in [3.05, 3.63) is 10.4 Å². The van der Waals surface area contributed by atoms with Crippen LogP contribution in [0.4, 0.5) is 0 Å². The molecule has 5 atom stereocenters. The normalized spacial score (nSPS) is 29.4. The molecule has 0 amide bonds. The number of carbonyl (C=O) groups is 1. The molecule has 0 aromatic carbocycles. The average molecular weight is 420 g/mol. The van der Waals surface area contributed by atoms with Crippen molar-refractivity contribution in [2.75, 3.05) is 20.8 Å². The predicted molar refractivity (Wildman–Crippen MR) is 88.9 cm³/mol. The van der Waals surface area contributed by atoms with Gasteiger partial charge in [0, 0.05) is 26.1 Å². The van der Waals surface area contributed by atoms with E-state index in [-0.39, 0.29) is 6.61 Å². The average Bonchev–Trinajstić information content (AvgIpc) is 2.53. The lowest BCUT2D eigenvalue weighted by Gasteiger charge is -2.43. The lowest BCUT2D eigenvalue weighted by molar-refractivity contribution is -0.255. The second-order valence-corrected chi connectivity index (χ2v) is 7.17. The highest BCUT2D eigenvalue weighted by atomic mass is 35.6. The molecule has 1 rings (SSSR count). The fraction of sp³-hybridized carbons (Fsp3) is 0.833. The number of hydrogen-bond donors (Lipinski definition) is 1. The zero-order valence-corrected chi connectivity index (χ0v) is 15.8. The summed E-state index contributed by atoms with van der Waals surface area (Å²) in [5, 5.41) is 11.2. The zero-order valence-electron chi connectivity index (χ0n) is 13.5. The molecule has 0 bridgehead atoms. The largest absolute Gasteiger partial charge is 0.463 e. The van der Waals surface area contributed by atoms with E-state index in [1.165, 1.54) is 21.1 Å². The first-order valence-corrected chi connectivity index (χ1v) is 8.00. The number of methoxy groups -OCH3 is 2. The zero-order chi connectivity index (χ0) is 19.2. The Labute approximate surface area is 158 Å². The van der Waals surface area contributed by atoms with Gasteiger partial charge in [0.25, 0.3) is 3.79 Å². The van der Waals surface area contributed by atoms with Crippen LogP contribution in [0.5, 0.6) is 0 Å². The summed E-state index contributed by atoms with van der Waals surface area (Å²) >= 11 is 16.8. The molecule has 0 aromatic heterocycles.